The number of guanidine groups is 1. The molecule has 27 heavy (non-hydrogen) atoms. The van der Waals surface area contributed by atoms with E-state index in [0.29, 0.717) is 12.5 Å². The molecule has 0 bridgehead atoms. The van der Waals surface area contributed by atoms with Gasteiger partial charge in [0.25, 0.3) is 5.91 Å². The number of hydrogen-bond donors (Lipinski definition) is 1. The Kier molecular flexibility index (Phi) is 7.10. The van der Waals surface area contributed by atoms with Gasteiger partial charge in [0.05, 0.1) is 0 Å². The summed E-state index contributed by atoms with van der Waals surface area (Å²) in [7, 11) is 1.83. The first-order chi connectivity index (χ1) is 13.2. The Morgan fingerprint density at radius 3 is 2.56 bits per heavy atom. The van der Waals surface area contributed by atoms with Crippen LogP contribution in [-0.2, 0) is 9.53 Å². The van der Waals surface area contributed by atoms with Crippen LogP contribution < -0.4 is 5.32 Å². The highest BCUT2D eigenvalue weighted by molar-refractivity contribution is 5.82. The van der Waals surface area contributed by atoms with E-state index in [1.807, 2.05) is 11.9 Å². The van der Waals surface area contributed by atoms with Crippen LogP contribution in [0.3, 0.4) is 0 Å². The van der Waals surface area contributed by atoms with Crippen LogP contribution in [-0.4, -0.2) is 74.1 Å². The molecule has 0 spiro atoms. The van der Waals surface area contributed by atoms with E-state index in [2.05, 4.69) is 52.5 Å². The number of aliphatic imine (C=N–C) groups is 1. The Bertz CT molecular complexity index is 620. The van der Waals surface area contributed by atoms with Crippen LogP contribution in [0.2, 0.25) is 0 Å². The summed E-state index contributed by atoms with van der Waals surface area (Å²) in [5.41, 5.74) is 1.37. The van der Waals surface area contributed by atoms with Crippen molar-refractivity contribution >= 4 is 11.9 Å². The summed E-state index contributed by atoms with van der Waals surface area (Å²) in [5, 5.41) is 3.49. The summed E-state index contributed by atoms with van der Waals surface area (Å²) >= 11 is 0. The van der Waals surface area contributed by atoms with Crippen LogP contribution in [0.1, 0.15) is 37.7 Å². The average molecular weight is 373 g/mol. The van der Waals surface area contributed by atoms with Crippen molar-refractivity contribution in [2.75, 3.05) is 46.4 Å². The van der Waals surface area contributed by atoms with Crippen LogP contribution in [0.5, 0.6) is 0 Å². The van der Waals surface area contributed by atoms with E-state index < -0.39 is 0 Å². The molecular weight excluding hydrogens is 340 g/mol. The molecule has 1 aromatic carbocycles. The average Bonchev–Trinajstić information content (AvgIpc) is 3.26. The second-order valence-electron chi connectivity index (χ2n) is 7.39. The second-order valence-corrected chi connectivity index (χ2v) is 7.39. The molecular formula is C21H32N4O2. The number of nitrogens with zero attached hydrogens (tertiary/aromatic N) is 3. The number of nitrogens with one attached hydrogen (secondary N) is 1. The molecule has 1 aromatic rings. The summed E-state index contributed by atoms with van der Waals surface area (Å²) in [6, 6.07) is 10.6. The van der Waals surface area contributed by atoms with Gasteiger partial charge in [-0.2, -0.15) is 0 Å². The number of piperazine rings is 1. The lowest BCUT2D eigenvalue weighted by Crippen LogP contribution is -2.55. The zero-order valence-corrected chi connectivity index (χ0v) is 16.6. The van der Waals surface area contributed by atoms with E-state index in [-0.39, 0.29) is 12.0 Å². The van der Waals surface area contributed by atoms with Crippen molar-refractivity contribution < 1.29 is 9.53 Å². The maximum atomic E-state index is 12.5. The largest absolute Gasteiger partial charge is 0.368 e. The van der Waals surface area contributed by atoms with Crippen LogP contribution in [0, 0.1) is 0 Å². The molecule has 148 valence electrons. The molecule has 6 nitrogen and oxygen atoms in total. The van der Waals surface area contributed by atoms with Crippen LogP contribution >= 0.6 is 0 Å². The molecule has 0 aromatic heterocycles. The third-order valence-corrected chi connectivity index (χ3v) is 5.54. The number of amides is 1. The molecule has 2 fully saturated rings. The van der Waals surface area contributed by atoms with Crippen molar-refractivity contribution in [1.29, 1.82) is 0 Å². The number of carbonyl (C=O) groups is 1. The van der Waals surface area contributed by atoms with E-state index in [0.717, 1.165) is 57.9 Å². The van der Waals surface area contributed by atoms with Gasteiger partial charge in [-0.25, -0.2) is 0 Å². The third-order valence-electron chi connectivity index (χ3n) is 5.54. The summed E-state index contributed by atoms with van der Waals surface area (Å²) < 4.78 is 5.53. The van der Waals surface area contributed by atoms with E-state index in [9.17, 15) is 4.79 Å². The van der Waals surface area contributed by atoms with E-state index in [1.165, 1.54) is 5.56 Å². The fourth-order valence-corrected chi connectivity index (χ4v) is 3.80. The molecule has 1 amide bonds. The predicted molar refractivity (Wildman–Crippen MR) is 108 cm³/mol. The summed E-state index contributed by atoms with van der Waals surface area (Å²) in [5.74, 6) is 1.60. The van der Waals surface area contributed by atoms with Gasteiger partial charge in [-0.3, -0.25) is 9.79 Å². The van der Waals surface area contributed by atoms with Crippen molar-refractivity contribution in [3.63, 3.8) is 0 Å². The lowest BCUT2D eigenvalue weighted by Gasteiger charge is -2.37. The van der Waals surface area contributed by atoms with Crippen LogP contribution in [0.15, 0.2) is 35.3 Å². The quantitative estimate of drug-likeness (QED) is 0.635. The zero-order valence-electron chi connectivity index (χ0n) is 16.6. The molecule has 2 aliphatic heterocycles. The molecule has 0 radical (unpaired) electrons. The smallest absolute Gasteiger partial charge is 0.251 e. The van der Waals surface area contributed by atoms with Gasteiger partial charge in [0, 0.05) is 46.4 Å². The first-order valence-electron chi connectivity index (χ1n) is 10.1. The highest BCUT2D eigenvalue weighted by Gasteiger charge is 2.30. The van der Waals surface area contributed by atoms with Gasteiger partial charge in [-0.1, -0.05) is 37.3 Å². The molecule has 6 heteroatoms. The van der Waals surface area contributed by atoms with Gasteiger partial charge < -0.3 is 19.9 Å². The summed E-state index contributed by atoms with van der Waals surface area (Å²) in [4.78, 5) is 21.1. The van der Waals surface area contributed by atoms with Crippen molar-refractivity contribution in [2.45, 2.75) is 38.2 Å². The van der Waals surface area contributed by atoms with Gasteiger partial charge in [0.1, 0.15) is 6.10 Å². The third kappa shape index (κ3) is 5.22. The minimum Gasteiger partial charge on any atom is -0.368 e. The van der Waals surface area contributed by atoms with Crippen LogP contribution in [0.25, 0.3) is 0 Å². The highest BCUT2D eigenvalue weighted by atomic mass is 16.5. The maximum absolute atomic E-state index is 12.5. The van der Waals surface area contributed by atoms with Crippen molar-refractivity contribution in [3.05, 3.63) is 35.9 Å². The molecule has 3 rings (SSSR count). The number of hydrogen-bond acceptors (Lipinski definition) is 3. The predicted octanol–water partition coefficient (Wildman–Crippen LogP) is 2.08. The molecule has 2 saturated heterocycles. The van der Waals surface area contributed by atoms with E-state index >= 15 is 0 Å². The van der Waals surface area contributed by atoms with E-state index in [1.54, 1.807) is 0 Å². The minimum absolute atomic E-state index is 0.159. The molecule has 2 atom stereocenters. The monoisotopic (exact) mass is 372 g/mol. The molecule has 0 aliphatic carbocycles. The molecule has 2 heterocycles. The first kappa shape index (κ1) is 19.7. The van der Waals surface area contributed by atoms with Gasteiger partial charge >= 0.3 is 0 Å². The zero-order chi connectivity index (χ0) is 19.1. The lowest BCUT2D eigenvalue weighted by atomic mass is 9.98. The Morgan fingerprint density at radius 2 is 1.93 bits per heavy atom. The van der Waals surface area contributed by atoms with Gasteiger partial charge in [-0.15, -0.1) is 0 Å². The topological polar surface area (TPSA) is 57.2 Å². The Balaban J connectivity index is 1.41. The maximum Gasteiger partial charge on any atom is 0.251 e. The Hall–Kier alpha value is -2.08. The first-order valence-corrected chi connectivity index (χ1v) is 10.1. The van der Waals surface area contributed by atoms with E-state index in [4.69, 9.17) is 4.74 Å². The Labute approximate surface area is 162 Å². The summed E-state index contributed by atoms with van der Waals surface area (Å²) in [6.07, 6.45) is 2.70. The van der Waals surface area contributed by atoms with Crippen molar-refractivity contribution in [3.8, 4) is 0 Å². The summed E-state index contributed by atoms with van der Waals surface area (Å²) in [6.45, 7) is 6.96. The fraction of sp³-hybridized carbons (Fsp3) is 0.619. The standard InChI is InChI=1S/C21H32N4O2/c1-17(18-7-4-3-5-8-18)10-11-23-21(22-2)25-14-12-24(13-15-25)20(26)19-9-6-16-27-19/h3-5,7-8,17,19H,6,9-16H2,1-2H3,(H,22,23). The number of ether oxygens (including phenoxy) is 1. The van der Waals surface area contributed by atoms with Gasteiger partial charge in [0.15, 0.2) is 5.96 Å². The van der Waals surface area contributed by atoms with Crippen molar-refractivity contribution in [1.82, 2.24) is 15.1 Å². The molecule has 1 N–H and O–H groups in total. The Morgan fingerprint density at radius 1 is 1.22 bits per heavy atom. The number of carbonyl (C=O) groups excluding carboxylic acids is 1. The highest BCUT2D eigenvalue weighted by Crippen LogP contribution is 2.18. The second kappa shape index (κ2) is 9.74. The minimum atomic E-state index is -0.214. The SMILES string of the molecule is CN=C(NCCC(C)c1ccccc1)N1CCN(C(=O)C2CCCO2)CC1. The number of rotatable bonds is 5. The van der Waals surface area contributed by atoms with Gasteiger partial charge in [0.2, 0.25) is 0 Å². The van der Waals surface area contributed by atoms with Gasteiger partial charge in [-0.05, 0) is 30.7 Å². The van der Waals surface area contributed by atoms with Crippen molar-refractivity contribution in [2.24, 2.45) is 4.99 Å². The fourth-order valence-electron chi connectivity index (χ4n) is 3.80. The molecule has 0 saturated carbocycles. The normalized spacial score (nSPS) is 22.0. The lowest BCUT2D eigenvalue weighted by molar-refractivity contribution is -0.142. The molecule has 2 unspecified atom stereocenters. The van der Waals surface area contributed by atoms with Crippen LogP contribution in [0.4, 0.5) is 0 Å². The molecule has 2 aliphatic rings. The number of benzene rings is 1.